The SMILES string of the molecule is COc1ccc(S(=O)(=O)N2CCCCCC2)cc1C(=O)Nc1cc(C)nn1-c1nc(C)cc(C)n1. The maximum atomic E-state index is 13.3. The molecule has 3 aromatic rings. The van der Waals surface area contributed by atoms with Crippen LogP contribution >= 0.6 is 0 Å². The number of aryl methyl sites for hydroxylation is 3. The first-order valence-electron chi connectivity index (χ1n) is 11.6. The number of rotatable bonds is 6. The van der Waals surface area contributed by atoms with E-state index in [4.69, 9.17) is 4.74 Å². The molecule has 1 aliphatic heterocycles. The summed E-state index contributed by atoms with van der Waals surface area (Å²) in [5.41, 5.74) is 2.31. The number of sulfonamides is 1. The molecule has 10 nitrogen and oxygen atoms in total. The van der Waals surface area contributed by atoms with Crippen molar-refractivity contribution in [2.24, 2.45) is 0 Å². The van der Waals surface area contributed by atoms with Crippen molar-refractivity contribution < 1.29 is 17.9 Å². The topological polar surface area (TPSA) is 119 Å². The molecule has 0 spiro atoms. The van der Waals surface area contributed by atoms with Crippen LogP contribution in [0.2, 0.25) is 0 Å². The minimum atomic E-state index is -3.74. The van der Waals surface area contributed by atoms with Gasteiger partial charge in [0, 0.05) is 30.5 Å². The Morgan fingerprint density at radius 2 is 1.60 bits per heavy atom. The van der Waals surface area contributed by atoms with Gasteiger partial charge in [0.1, 0.15) is 11.6 Å². The molecule has 186 valence electrons. The summed E-state index contributed by atoms with van der Waals surface area (Å²) >= 11 is 0. The summed E-state index contributed by atoms with van der Waals surface area (Å²) in [6, 6.07) is 7.90. The molecule has 4 rings (SSSR count). The monoisotopic (exact) mass is 498 g/mol. The van der Waals surface area contributed by atoms with Crippen molar-refractivity contribution in [3.63, 3.8) is 0 Å². The maximum Gasteiger partial charge on any atom is 0.260 e. The Balaban J connectivity index is 1.68. The molecular formula is C24H30N6O4S. The van der Waals surface area contributed by atoms with Crippen molar-refractivity contribution in [1.29, 1.82) is 0 Å². The van der Waals surface area contributed by atoms with Crippen molar-refractivity contribution in [2.75, 3.05) is 25.5 Å². The van der Waals surface area contributed by atoms with Gasteiger partial charge in [-0.15, -0.1) is 0 Å². The second kappa shape index (κ2) is 10.1. The number of ether oxygens (including phenoxy) is 1. The van der Waals surface area contributed by atoms with Crippen LogP contribution in [0, 0.1) is 20.8 Å². The summed E-state index contributed by atoms with van der Waals surface area (Å²) < 4.78 is 34.9. The molecule has 0 atom stereocenters. The second-order valence-electron chi connectivity index (χ2n) is 8.67. The summed E-state index contributed by atoms with van der Waals surface area (Å²) in [4.78, 5) is 22.3. The van der Waals surface area contributed by atoms with Crippen LogP contribution in [0.1, 0.15) is 53.1 Å². The van der Waals surface area contributed by atoms with E-state index in [-0.39, 0.29) is 16.2 Å². The van der Waals surface area contributed by atoms with Crippen molar-refractivity contribution in [3.05, 3.63) is 53.0 Å². The van der Waals surface area contributed by atoms with E-state index >= 15 is 0 Å². The molecule has 1 aliphatic rings. The van der Waals surface area contributed by atoms with E-state index in [9.17, 15) is 13.2 Å². The molecule has 2 aromatic heterocycles. The summed E-state index contributed by atoms with van der Waals surface area (Å²) in [6.45, 7) is 6.46. The molecule has 0 unspecified atom stereocenters. The Hall–Kier alpha value is -3.31. The highest BCUT2D eigenvalue weighted by Crippen LogP contribution is 2.27. The molecule has 1 fully saturated rings. The Morgan fingerprint density at radius 3 is 2.23 bits per heavy atom. The lowest BCUT2D eigenvalue weighted by molar-refractivity contribution is 0.102. The smallest absolute Gasteiger partial charge is 0.260 e. The quantitative estimate of drug-likeness (QED) is 0.553. The minimum Gasteiger partial charge on any atom is -0.496 e. The zero-order valence-corrected chi connectivity index (χ0v) is 21.2. The van der Waals surface area contributed by atoms with Crippen LogP contribution in [0.25, 0.3) is 5.95 Å². The molecule has 0 saturated carbocycles. The van der Waals surface area contributed by atoms with Crippen molar-refractivity contribution in [2.45, 2.75) is 51.3 Å². The van der Waals surface area contributed by atoms with Crippen molar-refractivity contribution in [1.82, 2.24) is 24.1 Å². The van der Waals surface area contributed by atoms with Gasteiger partial charge in [-0.1, -0.05) is 12.8 Å². The third-order valence-electron chi connectivity index (χ3n) is 5.85. The van der Waals surface area contributed by atoms with E-state index < -0.39 is 15.9 Å². The largest absolute Gasteiger partial charge is 0.496 e. The molecule has 1 N–H and O–H groups in total. The third-order valence-corrected chi connectivity index (χ3v) is 7.75. The molecule has 1 saturated heterocycles. The Bertz CT molecular complexity index is 1320. The molecule has 0 radical (unpaired) electrons. The van der Waals surface area contributed by atoms with Crippen LogP contribution in [-0.4, -0.2) is 58.6 Å². The molecule has 0 bridgehead atoms. The summed E-state index contributed by atoms with van der Waals surface area (Å²) in [7, 11) is -2.30. The van der Waals surface area contributed by atoms with Crippen LogP contribution in [0.3, 0.4) is 0 Å². The minimum absolute atomic E-state index is 0.0627. The number of methoxy groups -OCH3 is 1. The van der Waals surface area contributed by atoms with Crippen molar-refractivity contribution in [3.8, 4) is 11.7 Å². The normalized spacial score (nSPS) is 15.0. The highest BCUT2D eigenvalue weighted by molar-refractivity contribution is 7.89. The molecule has 3 heterocycles. The van der Waals surface area contributed by atoms with Crippen molar-refractivity contribution >= 4 is 21.7 Å². The maximum absolute atomic E-state index is 13.3. The Labute approximate surface area is 205 Å². The standard InChI is InChI=1S/C24H30N6O4S/c1-16-13-17(2)26-24(25-16)30-22(14-18(3)28-30)27-23(31)20-15-19(9-10-21(20)34-4)35(32,33)29-11-7-5-6-8-12-29/h9-10,13-15H,5-8,11-12H2,1-4H3,(H,27,31). The number of nitrogens with one attached hydrogen (secondary N) is 1. The van der Waals surface area contributed by atoms with Gasteiger partial charge in [-0.3, -0.25) is 4.79 Å². The zero-order valence-electron chi connectivity index (χ0n) is 20.4. The Kier molecular flexibility index (Phi) is 7.18. The fraction of sp³-hybridized carbons (Fsp3) is 0.417. The number of aromatic nitrogens is 4. The first-order valence-corrected chi connectivity index (χ1v) is 13.0. The number of anilines is 1. The van der Waals surface area contributed by atoms with E-state index in [1.807, 2.05) is 19.9 Å². The highest BCUT2D eigenvalue weighted by atomic mass is 32.2. The van der Waals surface area contributed by atoms with Gasteiger partial charge in [0.05, 0.1) is 23.3 Å². The van der Waals surface area contributed by atoms with E-state index in [2.05, 4.69) is 20.4 Å². The average molecular weight is 499 g/mol. The van der Waals surface area contributed by atoms with E-state index in [1.54, 1.807) is 13.0 Å². The molecule has 1 aromatic carbocycles. The first-order chi connectivity index (χ1) is 16.7. The predicted molar refractivity (Wildman–Crippen MR) is 132 cm³/mol. The highest BCUT2D eigenvalue weighted by Gasteiger charge is 2.27. The average Bonchev–Trinajstić information content (AvgIpc) is 3.00. The van der Waals surface area contributed by atoms with Gasteiger partial charge in [-0.2, -0.15) is 14.1 Å². The van der Waals surface area contributed by atoms with E-state index in [0.29, 0.717) is 30.5 Å². The molecular weight excluding hydrogens is 468 g/mol. The molecule has 35 heavy (non-hydrogen) atoms. The van der Waals surface area contributed by atoms with E-state index in [1.165, 1.54) is 34.3 Å². The summed E-state index contributed by atoms with van der Waals surface area (Å²) in [5.74, 6) is 0.429. The van der Waals surface area contributed by atoms with Crippen LogP contribution in [0.5, 0.6) is 5.75 Å². The number of hydrogen-bond donors (Lipinski definition) is 1. The molecule has 0 aliphatic carbocycles. The van der Waals surface area contributed by atoms with Gasteiger partial charge in [-0.05, 0) is 57.9 Å². The van der Waals surface area contributed by atoms with Gasteiger partial charge in [0.15, 0.2) is 0 Å². The fourth-order valence-electron chi connectivity index (χ4n) is 4.18. The number of amides is 1. The molecule has 11 heteroatoms. The van der Waals surface area contributed by atoms with Gasteiger partial charge in [0.2, 0.25) is 10.0 Å². The van der Waals surface area contributed by atoms with Crippen LogP contribution in [0.15, 0.2) is 35.2 Å². The van der Waals surface area contributed by atoms with Gasteiger partial charge in [-0.25, -0.2) is 18.4 Å². The zero-order chi connectivity index (χ0) is 25.2. The predicted octanol–water partition coefficient (Wildman–Crippen LogP) is 3.41. The van der Waals surface area contributed by atoms with E-state index in [0.717, 1.165) is 37.1 Å². The van der Waals surface area contributed by atoms with Gasteiger partial charge < -0.3 is 10.1 Å². The second-order valence-corrected chi connectivity index (χ2v) is 10.6. The number of benzene rings is 1. The lowest BCUT2D eigenvalue weighted by Gasteiger charge is -2.20. The lowest BCUT2D eigenvalue weighted by atomic mass is 10.2. The van der Waals surface area contributed by atoms with Crippen LogP contribution in [0.4, 0.5) is 5.82 Å². The third kappa shape index (κ3) is 5.35. The van der Waals surface area contributed by atoms with Crippen LogP contribution in [-0.2, 0) is 10.0 Å². The summed E-state index contributed by atoms with van der Waals surface area (Å²) in [5, 5.41) is 7.24. The lowest BCUT2D eigenvalue weighted by Crippen LogP contribution is -2.32. The number of nitrogens with zero attached hydrogens (tertiary/aromatic N) is 5. The fourth-order valence-corrected chi connectivity index (χ4v) is 5.73. The number of carbonyl (C=O) groups is 1. The molecule has 1 amide bonds. The van der Waals surface area contributed by atoms with Gasteiger partial charge >= 0.3 is 0 Å². The van der Waals surface area contributed by atoms with Gasteiger partial charge in [0.25, 0.3) is 11.9 Å². The number of hydrogen-bond acceptors (Lipinski definition) is 7. The summed E-state index contributed by atoms with van der Waals surface area (Å²) in [6.07, 6.45) is 3.68. The number of carbonyl (C=O) groups excluding carboxylic acids is 1. The first kappa shape index (κ1) is 24.8. The van der Waals surface area contributed by atoms with Crippen LogP contribution < -0.4 is 10.1 Å². The Morgan fingerprint density at radius 1 is 0.943 bits per heavy atom.